The fraction of sp³-hybridized carbons (Fsp3) is 0.625. The Morgan fingerprint density at radius 2 is 2.11 bits per heavy atom. The molecule has 3 heteroatoms. The van der Waals surface area contributed by atoms with E-state index in [9.17, 15) is 5.11 Å². The first-order chi connectivity index (χ1) is 8.90. The van der Waals surface area contributed by atoms with Crippen LogP contribution in [0.25, 0.3) is 0 Å². The number of likely N-dealkylation sites (N-methyl/N-ethyl adjacent to an activating group) is 1. The van der Waals surface area contributed by atoms with Crippen LogP contribution in [0, 0.1) is 0 Å². The highest BCUT2D eigenvalue weighted by atomic mass is 16.5. The second-order valence-corrected chi connectivity index (χ2v) is 6.06. The van der Waals surface area contributed by atoms with Crippen LogP contribution in [-0.4, -0.2) is 35.7 Å². The van der Waals surface area contributed by atoms with Crippen LogP contribution < -0.4 is 4.74 Å². The molecule has 19 heavy (non-hydrogen) atoms. The number of rotatable bonds is 4. The Bertz CT molecular complexity index is 456. The molecule has 3 nitrogen and oxygen atoms in total. The third kappa shape index (κ3) is 2.49. The molecule has 1 N–H and O–H groups in total. The number of methoxy groups -OCH3 is 1. The molecule has 0 fully saturated rings. The van der Waals surface area contributed by atoms with E-state index < -0.39 is 6.10 Å². The van der Waals surface area contributed by atoms with Crippen LogP contribution in [0.1, 0.15) is 44.4 Å². The summed E-state index contributed by atoms with van der Waals surface area (Å²) in [6.07, 6.45) is 1.54. The lowest BCUT2D eigenvalue weighted by Crippen LogP contribution is -2.48. The van der Waals surface area contributed by atoms with Gasteiger partial charge in [0.25, 0.3) is 0 Å². The largest absolute Gasteiger partial charge is 0.497 e. The molecule has 1 aromatic carbocycles. The molecule has 2 rings (SSSR count). The Labute approximate surface area is 116 Å². The van der Waals surface area contributed by atoms with Gasteiger partial charge in [0.05, 0.1) is 13.2 Å². The second-order valence-electron chi connectivity index (χ2n) is 6.06. The van der Waals surface area contributed by atoms with Crippen LogP contribution in [0.3, 0.4) is 0 Å². The molecule has 0 saturated carbocycles. The summed E-state index contributed by atoms with van der Waals surface area (Å²) < 4.78 is 5.25. The zero-order valence-corrected chi connectivity index (χ0v) is 12.6. The molecule has 0 aliphatic heterocycles. The Balaban J connectivity index is 2.26. The van der Waals surface area contributed by atoms with Crippen molar-refractivity contribution >= 4 is 0 Å². The van der Waals surface area contributed by atoms with E-state index in [0.717, 1.165) is 24.2 Å². The maximum atomic E-state index is 10.6. The molecule has 0 radical (unpaired) electrons. The molecule has 2 unspecified atom stereocenters. The van der Waals surface area contributed by atoms with Crippen LogP contribution in [0.15, 0.2) is 18.2 Å². The fourth-order valence-corrected chi connectivity index (χ4v) is 2.75. The number of aliphatic hydroxyl groups excluding tert-OH is 1. The lowest BCUT2D eigenvalue weighted by atomic mass is 9.96. The van der Waals surface area contributed by atoms with Gasteiger partial charge in [0, 0.05) is 11.6 Å². The van der Waals surface area contributed by atoms with Crippen molar-refractivity contribution in [3.8, 4) is 5.75 Å². The van der Waals surface area contributed by atoms with E-state index in [0.29, 0.717) is 0 Å². The van der Waals surface area contributed by atoms with Gasteiger partial charge in [0.2, 0.25) is 0 Å². The molecule has 0 spiro atoms. The zero-order valence-electron chi connectivity index (χ0n) is 12.6. The number of fused-ring (bicyclic) bond motifs is 1. The Morgan fingerprint density at radius 1 is 1.42 bits per heavy atom. The van der Waals surface area contributed by atoms with E-state index >= 15 is 0 Å². The molecule has 1 aliphatic rings. The van der Waals surface area contributed by atoms with Gasteiger partial charge in [-0.25, -0.2) is 0 Å². The van der Waals surface area contributed by atoms with E-state index in [1.807, 2.05) is 12.1 Å². The average molecular weight is 263 g/mol. The lowest BCUT2D eigenvalue weighted by molar-refractivity contribution is 0.0178. The normalized spacial score (nSPS) is 22.7. The highest BCUT2D eigenvalue weighted by Gasteiger charge is 2.38. The quantitative estimate of drug-likeness (QED) is 0.906. The van der Waals surface area contributed by atoms with Gasteiger partial charge in [-0.2, -0.15) is 0 Å². The summed E-state index contributed by atoms with van der Waals surface area (Å²) in [6, 6.07) is 6.16. The lowest BCUT2D eigenvalue weighted by Gasteiger charge is -2.40. The third-order valence-corrected chi connectivity index (χ3v) is 4.78. The monoisotopic (exact) mass is 263 g/mol. The number of ether oxygens (including phenoxy) is 1. The summed E-state index contributed by atoms with van der Waals surface area (Å²) in [5.74, 6) is 0.816. The van der Waals surface area contributed by atoms with Crippen molar-refractivity contribution < 1.29 is 9.84 Å². The van der Waals surface area contributed by atoms with E-state index in [1.54, 1.807) is 7.11 Å². The van der Waals surface area contributed by atoms with Gasteiger partial charge in [-0.3, -0.25) is 4.90 Å². The van der Waals surface area contributed by atoms with Crippen LogP contribution in [0.2, 0.25) is 0 Å². The molecule has 0 bridgehead atoms. The standard InChI is InChI=1S/C16H25NO2/c1-6-16(2,3)17(4)14-9-11-7-8-12(19-5)10-13(11)15(14)18/h7-8,10,14-15,18H,6,9H2,1-5H3. The number of nitrogens with zero attached hydrogens (tertiary/aromatic N) is 1. The molecular weight excluding hydrogens is 238 g/mol. The minimum atomic E-state index is -0.430. The average Bonchev–Trinajstić information content (AvgIpc) is 2.74. The zero-order chi connectivity index (χ0) is 14.2. The first-order valence-electron chi connectivity index (χ1n) is 6.98. The number of hydrogen-bond acceptors (Lipinski definition) is 3. The molecule has 2 atom stereocenters. The van der Waals surface area contributed by atoms with E-state index in [-0.39, 0.29) is 11.6 Å². The van der Waals surface area contributed by atoms with E-state index in [1.165, 1.54) is 5.56 Å². The first-order valence-corrected chi connectivity index (χ1v) is 6.98. The van der Waals surface area contributed by atoms with E-state index in [4.69, 9.17) is 4.74 Å². The van der Waals surface area contributed by atoms with Crippen molar-refractivity contribution in [1.82, 2.24) is 4.90 Å². The van der Waals surface area contributed by atoms with Crippen molar-refractivity contribution in [2.75, 3.05) is 14.2 Å². The summed E-state index contributed by atoms with van der Waals surface area (Å²) in [4.78, 5) is 2.31. The van der Waals surface area contributed by atoms with Crippen molar-refractivity contribution in [2.24, 2.45) is 0 Å². The Hall–Kier alpha value is -1.06. The van der Waals surface area contributed by atoms with Gasteiger partial charge in [-0.05, 0) is 57.0 Å². The van der Waals surface area contributed by atoms with Gasteiger partial charge in [-0.1, -0.05) is 13.0 Å². The van der Waals surface area contributed by atoms with Gasteiger partial charge in [-0.15, -0.1) is 0 Å². The molecular formula is C16H25NO2. The van der Waals surface area contributed by atoms with Gasteiger partial charge < -0.3 is 9.84 Å². The maximum Gasteiger partial charge on any atom is 0.119 e. The van der Waals surface area contributed by atoms with Crippen molar-refractivity contribution in [1.29, 1.82) is 0 Å². The molecule has 1 aromatic rings. The summed E-state index contributed by atoms with van der Waals surface area (Å²) in [5.41, 5.74) is 2.35. The number of aliphatic hydroxyl groups is 1. The van der Waals surface area contributed by atoms with Gasteiger partial charge in [0.1, 0.15) is 5.75 Å². The first kappa shape index (κ1) is 14.4. The fourth-order valence-electron chi connectivity index (χ4n) is 2.75. The SMILES string of the molecule is CCC(C)(C)N(C)C1Cc2ccc(OC)cc2C1O. The van der Waals surface area contributed by atoms with Crippen LogP contribution in [-0.2, 0) is 6.42 Å². The van der Waals surface area contributed by atoms with Crippen LogP contribution in [0.4, 0.5) is 0 Å². The third-order valence-electron chi connectivity index (χ3n) is 4.78. The van der Waals surface area contributed by atoms with Crippen molar-refractivity contribution in [3.63, 3.8) is 0 Å². The molecule has 106 valence electrons. The minimum absolute atomic E-state index is 0.0950. The number of hydrogen-bond donors (Lipinski definition) is 1. The smallest absolute Gasteiger partial charge is 0.119 e. The summed E-state index contributed by atoms with van der Waals surface area (Å²) >= 11 is 0. The predicted molar refractivity (Wildman–Crippen MR) is 77.6 cm³/mol. The van der Waals surface area contributed by atoms with E-state index in [2.05, 4.69) is 38.8 Å². The highest BCUT2D eigenvalue weighted by Crippen LogP contribution is 2.38. The molecule has 0 saturated heterocycles. The van der Waals surface area contributed by atoms with Crippen molar-refractivity contribution in [2.45, 2.75) is 51.3 Å². The van der Waals surface area contributed by atoms with Crippen molar-refractivity contribution in [3.05, 3.63) is 29.3 Å². The molecule has 1 aliphatic carbocycles. The maximum absolute atomic E-state index is 10.6. The molecule has 0 aromatic heterocycles. The van der Waals surface area contributed by atoms with Crippen LogP contribution in [0.5, 0.6) is 5.75 Å². The van der Waals surface area contributed by atoms with Gasteiger partial charge in [0.15, 0.2) is 0 Å². The molecule has 0 amide bonds. The summed E-state index contributed by atoms with van der Waals surface area (Å²) in [6.45, 7) is 6.64. The Kier molecular flexibility index (Phi) is 3.88. The molecule has 0 heterocycles. The minimum Gasteiger partial charge on any atom is -0.497 e. The summed E-state index contributed by atoms with van der Waals surface area (Å²) in [7, 11) is 3.77. The second kappa shape index (κ2) is 5.14. The summed E-state index contributed by atoms with van der Waals surface area (Å²) in [5, 5.41) is 10.6. The highest BCUT2D eigenvalue weighted by molar-refractivity contribution is 5.42. The predicted octanol–water partition coefficient (Wildman–Crippen LogP) is 2.77. The van der Waals surface area contributed by atoms with Gasteiger partial charge >= 0.3 is 0 Å². The topological polar surface area (TPSA) is 32.7 Å². The number of benzene rings is 1. The Morgan fingerprint density at radius 3 is 2.68 bits per heavy atom. The van der Waals surface area contributed by atoms with Crippen LogP contribution >= 0.6 is 0 Å².